The van der Waals surface area contributed by atoms with E-state index in [1.807, 2.05) is 6.92 Å². The summed E-state index contributed by atoms with van der Waals surface area (Å²) in [6.45, 7) is 3.20. The van der Waals surface area contributed by atoms with E-state index < -0.39 is 5.97 Å². The molecule has 1 saturated heterocycles. The summed E-state index contributed by atoms with van der Waals surface area (Å²) in [6, 6.07) is -0.0895. The first-order chi connectivity index (χ1) is 8.98. The Morgan fingerprint density at radius 1 is 1.26 bits per heavy atom. The van der Waals surface area contributed by atoms with E-state index >= 15 is 0 Å². The molecule has 0 spiro atoms. The van der Waals surface area contributed by atoms with E-state index in [0.29, 0.717) is 26.1 Å². The Morgan fingerprint density at radius 3 is 2.47 bits per heavy atom. The third kappa shape index (κ3) is 3.83. The van der Waals surface area contributed by atoms with Crippen molar-refractivity contribution in [3.63, 3.8) is 0 Å². The van der Waals surface area contributed by atoms with Gasteiger partial charge in [0.25, 0.3) is 0 Å². The number of nitrogens with one attached hydrogen (secondary N) is 2. The average Bonchev–Trinajstić information content (AvgIpc) is 2.76. The Kier molecular flexibility index (Phi) is 4.29. The van der Waals surface area contributed by atoms with Crippen LogP contribution in [0, 0.1) is 5.92 Å². The van der Waals surface area contributed by atoms with E-state index in [2.05, 4.69) is 10.6 Å². The van der Waals surface area contributed by atoms with Gasteiger partial charge in [0.15, 0.2) is 0 Å². The Bertz CT molecular complexity index is 345. The van der Waals surface area contributed by atoms with Crippen molar-refractivity contribution in [2.24, 2.45) is 5.92 Å². The molecule has 1 atom stereocenters. The van der Waals surface area contributed by atoms with E-state index in [0.717, 1.165) is 19.3 Å². The molecule has 1 aliphatic heterocycles. The highest BCUT2D eigenvalue weighted by Gasteiger charge is 2.32. The highest BCUT2D eigenvalue weighted by atomic mass is 16.5. The second-order valence-electron chi connectivity index (χ2n) is 5.85. The van der Waals surface area contributed by atoms with E-state index in [1.54, 1.807) is 0 Å². The normalized spacial score (nSPS) is 34.8. The average molecular weight is 270 g/mol. The summed E-state index contributed by atoms with van der Waals surface area (Å²) >= 11 is 0. The number of aliphatic carboxylic acids is 1. The van der Waals surface area contributed by atoms with Crippen molar-refractivity contribution in [1.82, 2.24) is 10.6 Å². The van der Waals surface area contributed by atoms with E-state index in [-0.39, 0.29) is 23.5 Å². The quantitative estimate of drug-likeness (QED) is 0.717. The predicted octanol–water partition coefficient (Wildman–Crippen LogP) is 1.11. The lowest BCUT2D eigenvalue weighted by molar-refractivity contribution is -0.142. The monoisotopic (exact) mass is 270 g/mol. The molecule has 19 heavy (non-hydrogen) atoms. The molecule has 1 aliphatic carbocycles. The minimum atomic E-state index is -0.724. The molecule has 0 aromatic heterocycles. The van der Waals surface area contributed by atoms with Crippen LogP contribution in [0.1, 0.15) is 39.0 Å². The molecule has 0 aromatic carbocycles. The summed E-state index contributed by atoms with van der Waals surface area (Å²) in [6.07, 6.45) is 3.57. The summed E-state index contributed by atoms with van der Waals surface area (Å²) in [5.41, 5.74) is -0.275. The van der Waals surface area contributed by atoms with Gasteiger partial charge < -0.3 is 20.5 Å². The third-order valence-electron chi connectivity index (χ3n) is 4.05. The summed E-state index contributed by atoms with van der Waals surface area (Å²) in [4.78, 5) is 22.7. The van der Waals surface area contributed by atoms with E-state index in [4.69, 9.17) is 9.84 Å². The molecule has 1 heterocycles. The molecule has 6 heteroatoms. The van der Waals surface area contributed by atoms with Gasteiger partial charge in [-0.1, -0.05) is 0 Å². The van der Waals surface area contributed by atoms with Crippen LogP contribution >= 0.6 is 0 Å². The summed E-state index contributed by atoms with van der Waals surface area (Å²) in [7, 11) is 0. The van der Waals surface area contributed by atoms with Crippen molar-refractivity contribution in [2.45, 2.75) is 50.6 Å². The number of ether oxygens (including phenoxy) is 1. The van der Waals surface area contributed by atoms with Gasteiger partial charge in [0.2, 0.25) is 0 Å². The molecule has 2 amide bonds. The fourth-order valence-corrected chi connectivity index (χ4v) is 2.75. The standard InChI is InChI=1S/C13H22N2O4/c1-13(6-7-19-8-13)15-12(18)14-10-4-2-9(3-5-10)11(16)17/h9-10H,2-8H2,1H3,(H,16,17)(H2,14,15,18). The minimum absolute atomic E-state index is 0.0847. The van der Waals surface area contributed by atoms with Crippen molar-refractivity contribution in [3.8, 4) is 0 Å². The van der Waals surface area contributed by atoms with Crippen LogP contribution in [-0.2, 0) is 9.53 Å². The molecule has 1 unspecified atom stereocenters. The molecular formula is C13H22N2O4. The van der Waals surface area contributed by atoms with Crippen LogP contribution in [-0.4, -0.2) is 41.9 Å². The van der Waals surface area contributed by atoms with Gasteiger partial charge in [-0.25, -0.2) is 4.79 Å². The van der Waals surface area contributed by atoms with Gasteiger partial charge in [0.1, 0.15) is 0 Å². The Labute approximate surface area is 112 Å². The maximum Gasteiger partial charge on any atom is 0.315 e. The zero-order chi connectivity index (χ0) is 13.9. The summed E-state index contributed by atoms with van der Waals surface area (Å²) < 4.78 is 5.28. The van der Waals surface area contributed by atoms with Crippen molar-refractivity contribution in [1.29, 1.82) is 0 Å². The summed E-state index contributed by atoms with van der Waals surface area (Å²) in [5, 5.41) is 14.8. The van der Waals surface area contributed by atoms with Crippen LogP contribution < -0.4 is 10.6 Å². The maximum atomic E-state index is 11.9. The molecule has 0 aromatic rings. The number of carboxylic acid groups (broad SMARTS) is 1. The van der Waals surface area contributed by atoms with Crippen molar-refractivity contribution in [2.75, 3.05) is 13.2 Å². The fraction of sp³-hybridized carbons (Fsp3) is 0.846. The zero-order valence-electron chi connectivity index (χ0n) is 11.3. The molecule has 108 valence electrons. The number of carbonyl (C=O) groups excluding carboxylic acids is 1. The number of hydrogen-bond donors (Lipinski definition) is 3. The van der Waals surface area contributed by atoms with Gasteiger partial charge in [-0.3, -0.25) is 4.79 Å². The number of rotatable bonds is 3. The second kappa shape index (κ2) is 5.77. The van der Waals surface area contributed by atoms with Gasteiger partial charge in [-0.15, -0.1) is 0 Å². The first-order valence-electron chi connectivity index (χ1n) is 6.88. The fourth-order valence-electron chi connectivity index (χ4n) is 2.75. The number of hydrogen-bond acceptors (Lipinski definition) is 3. The van der Waals surface area contributed by atoms with Crippen LogP contribution in [0.2, 0.25) is 0 Å². The van der Waals surface area contributed by atoms with Gasteiger partial charge in [0.05, 0.1) is 18.1 Å². The lowest BCUT2D eigenvalue weighted by atomic mass is 9.86. The maximum absolute atomic E-state index is 11.9. The molecule has 2 aliphatic rings. The van der Waals surface area contributed by atoms with E-state index in [1.165, 1.54) is 0 Å². The molecule has 3 N–H and O–H groups in total. The van der Waals surface area contributed by atoms with Crippen molar-refractivity contribution in [3.05, 3.63) is 0 Å². The molecule has 2 fully saturated rings. The van der Waals surface area contributed by atoms with Crippen molar-refractivity contribution < 1.29 is 19.4 Å². The SMILES string of the molecule is CC1(NC(=O)NC2CCC(C(=O)O)CC2)CCOC1. The summed E-state index contributed by atoms with van der Waals surface area (Å²) in [5.74, 6) is -0.972. The molecule has 0 bridgehead atoms. The van der Waals surface area contributed by atoms with Crippen LogP contribution in [0.15, 0.2) is 0 Å². The molecule has 0 radical (unpaired) electrons. The number of amides is 2. The predicted molar refractivity (Wildman–Crippen MR) is 68.9 cm³/mol. The smallest absolute Gasteiger partial charge is 0.315 e. The Morgan fingerprint density at radius 2 is 1.95 bits per heavy atom. The van der Waals surface area contributed by atoms with Crippen LogP contribution in [0.25, 0.3) is 0 Å². The topological polar surface area (TPSA) is 87.7 Å². The third-order valence-corrected chi connectivity index (χ3v) is 4.05. The molecule has 1 saturated carbocycles. The largest absolute Gasteiger partial charge is 0.481 e. The van der Waals surface area contributed by atoms with Gasteiger partial charge in [-0.05, 0) is 39.0 Å². The van der Waals surface area contributed by atoms with Gasteiger partial charge in [0, 0.05) is 12.6 Å². The molecule has 2 rings (SSSR count). The van der Waals surface area contributed by atoms with Crippen molar-refractivity contribution >= 4 is 12.0 Å². The second-order valence-corrected chi connectivity index (χ2v) is 5.85. The van der Waals surface area contributed by atoms with Crippen LogP contribution in [0.3, 0.4) is 0 Å². The van der Waals surface area contributed by atoms with Gasteiger partial charge >= 0.3 is 12.0 Å². The number of urea groups is 1. The zero-order valence-corrected chi connectivity index (χ0v) is 11.3. The lowest BCUT2D eigenvalue weighted by Crippen LogP contribution is -2.53. The molecular weight excluding hydrogens is 248 g/mol. The Balaban J connectivity index is 1.73. The van der Waals surface area contributed by atoms with Crippen LogP contribution in [0.5, 0.6) is 0 Å². The molecule has 6 nitrogen and oxygen atoms in total. The first-order valence-corrected chi connectivity index (χ1v) is 6.88. The highest BCUT2D eigenvalue weighted by Crippen LogP contribution is 2.24. The van der Waals surface area contributed by atoms with Crippen LogP contribution in [0.4, 0.5) is 4.79 Å². The highest BCUT2D eigenvalue weighted by molar-refractivity contribution is 5.75. The minimum Gasteiger partial charge on any atom is -0.481 e. The number of carbonyl (C=O) groups is 2. The van der Waals surface area contributed by atoms with E-state index in [9.17, 15) is 9.59 Å². The number of carboxylic acids is 1. The Hall–Kier alpha value is -1.30. The lowest BCUT2D eigenvalue weighted by Gasteiger charge is -2.29. The first kappa shape index (κ1) is 14.1. The van der Waals surface area contributed by atoms with Gasteiger partial charge in [-0.2, -0.15) is 0 Å².